The Bertz CT molecular complexity index is 364. The van der Waals surface area contributed by atoms with Gasteiger partial charge in [-0.15, -0.1) is 0 Å². The van der Waals surface area contributed by atoms with Gasteiger partial charge in [-0.25, -0.2) is 0 Å². The van der Waals surface area contributed by atoms with Crippen LogP contribution in [0.15, 0.2) is 18.2 Å². The molecule has 1 heterocycles. The van der Waals surface area contributed by atoms with Crippen LogP contribution in [0.4, 0.5) is 5.69 Å². The molecule has 1 N–H and O–H groups in total. The first-order chi connectivity index (χ1) is 7.72. The minimum Gasteiger partial charge on any atom is -0.392 e. The highest BCUT2D eigenvalue weighted by atomic mass is 35.5. The zero-order valence-electron chi connectivity index (χ0n) is 9.32. The number of nitrogens with zero attached hydrogens (tertiary/aromatic N) is 1. The van der Waals surface area contributed by atoms with Crippen molar-refractivity contribution >= 4 is 17.3 Å². The van der Waals surface area contributed by atoms with Crippen molar-refractivity contribution in [2.75, 3.05) is 25.2 Å². The number of benzene rings is 1. The predicted molar refractivity (Wildman–Crippen MR) is 65.0 cm³/mol. The summed E-state index contributed by atoms with van der Waals surface area (Å²) in [5, 5.41) is 9.66. The zero-order chi connectivity index (χ0) is 11.5. The van der Waals surface area contributed by atoms with E-state index in [1.165, 1.54) is 0 Å². The van der Waals surface area contributed by atoms with E-state index in [0.717, 1.165) is 30.9 Å². The highest BCUT2D eigenvalue weighted by Gasteiger charge is 2.20. The molecule has 88 valence electrons. The van der Waals surface area contributed by atoms with E-state index >= 15 is 0 Å². The van der Waals surface area contributed by atoms with E-state index < -0.39 is 0 Å². The summed E-state index contributed by atoms with van der Waals surface area (Å²) < 4.78 is 5.36. The summed E-state index contributed by atoms with van der Waals surface area (Å²) in [6.07, 6.45) is 1.05. The summed E-state index contributed by atoms with van der Waals surface area (Å²) in [7, 11) is 2.05. The topological polar surface area (TPSA) is 32.7 Å². The first kappa shape index (κ1) is 11.7. The molecule has 0 aliphatic carbocycles. The number of anilines is 1. The molecule has 1 fully saturated rings. The van der Waals surface area contributed by atoms with Crippen molar-refractivity contribution in [1.29, 1.82) is 0 Å². The average Bonchev–Trinajstić information content (AvgIpc) is 2.81. The predicted octanol–water partition coefficient (Wildman–Crippen LogP) is 2.06. The Kier molecular flexibility index (Phi) is 3.69. The minimum absolute atomic E-state index is 0.0185. The summed E-state index contributed by atoms with van der Waals surface area (Å²) in [5.41, 5.74) is 1.83. The highest BCUT2D eigenvalue weighted by Crippen LogP contribution is 2.26. The van der Waals surface area contributed by atoms with E-state index in [9.17, 15) is 0 Å². The maximum atomic E-state index is 9.04. The molecule has 1 unspecified atom stereocenters. The van der Waals surface area contributed by atoms with Crippen LogP contribution in [0.25, 0.3) is 0 Å². The lowest BCUT2D eigenvalue weighted by Gasteiger charge is -2.25. The van der Waals surface area contributed by atoms with Crippen molar-refractivity contribution in [1.82, 2.24) is 0 Å². The van der Waals surface area contributed by atoms with Crippen molar-refractivity contribution in [3.05, 3.63) is 28.8 Å². The summed E-state index contributed by atoms with van der Waals surface area (Å²) in [5.74, 6) is 0. The van der Waals surface area contributed by atoms with E-state index in [1.807, 2.05) is 25.2 Å². The molecule has 1 atom stereocenters. The Morgan fingerprint density at radius 2 is 2.38 bits per heavy atom. The number of likely N-dealkylation sites (N-methyl/N-ethyl adjacent to an activating group) is 1. The number of ether oxygens (including phenoxy) is 1. The molecule has 1 aromatic rings. The van der Waals surface area contributed by atoms with Crippen LogP contribution in [0.5, 0.6) is 0 Å². The van der Waals surface area contributed by atoms with Gasteiger partial charge in [-0.1, -0.05) is 17.7 Å². The maximum absolute atomic E-state index is 9.04. The van der Waals surface area contributed by atoms with Crippen LogP contribution in [-0.4, -0.2) is 31.4 Å². The summed E-state index contributed by atoms with van der Waals surface area (Å²) in [4.78, 5) is 2.18. The smallest absolute Gasteiger partial charge is 0.0696 e. The third-order valence-electron chi connectivity index (χ3n) is 3.07. The molecule has 1 aliphatic rings. The van der Waals surface area contributed by atoms with Crippen molar-refractivity contribution in [3.63, 3.8) is 0 Å². The van der Waals surface area contributed by atoms with Crippen molar-refractivity contribution in [2.24, 2.45) is 0 Å². The maximum Gasteiger partial charge on any atom is 0.0696 e. The molecule has 4 heteroatoms. The number of rotatable bonds is 3. The molecule has 1 aromatic carbocycles. The van der Waals surface area contributed by atoms with E-state index in [4.69, 9.17) is 21.4 Å². The molecular formula is C12H16ClNO2. The van der Waals surface area contributed by atoms with Gasteiger partial charge in [-0.3, -0.25) is 0 Å². The van der Waals surface area contributed by atoms with Gasteiger partial charge in [-0.05, 0) is 24.1 Å². The Labute approximate surface area is 101 Å². The fraction of sp³-hybridized carbons (Fsp3) is 0.500. The van der Waals surface area contributed by atoms with Crippen LogP contribution in [-0.2, 0) is 11.3 Å². The highest BCUT2D eigenvalue weighted by molar-refractivity contribution is 6.31. The molecule has 3 nitrogen and oxygen atoms in total. The zero-order valence-corrected chi connectivity index (χ0v) is 10.1. The number of aliphatic hydroxyl groups excluding tert-OH is 1. The molecule has 0 aromatic heterocycles. The first-order valence-corrected chi connectivity index (χ1v) is 5.80. The van der Waals surface area contributed by atoms with Crippen LogP contribution in [0.1, 0.15) is 12.0 Å². The van der Waals surface area contributed by atoms with E-state index in [1.54, 1.807) is 0 Å². The number of halogens is 1. The third-order valence-corrected chi connectivity index (χ3v) is 3.42. The van der Waals surface area contributed by atoms with E-state index in [2.05, 4.69) is 4.90 Å². The molecular weight excluding hydrogens is 226 g/mol. The molecule has 1 saturated heterocycles. The Morgan fingerprint density at radius 3 is 2.94 bits per heavy atom. The van der Waals surface area contributed by atoms with Gasteiger partial charge in [0.1, 0.15) is 0 Å². The Balaban J connectivity index is 2.16. The van der Waals surface area contributed by atoms with E-state index in [-0.39, 0.29) is 6.61 Å². The van der Waals surface area contributed by atoms with Gasteiger partial charge in [0, 0.05) is 24.4 Å². The summed E-state index contributed by atoms with van der Waals surface area (Å²) in [6.45, 7) is 1.59. The molecule has 0 saturated carbocycles. The summed E-state index contributed by atoms with van der Waals surface area (Å²) in [6, 6.07) is 6.17. The van der Waals surface area contributed by atoms with Crippen molar-refractivity contribution < 1.29 is 9.84 Å². The van der Waals surface area contributed by atoms with E-state index in [0.29, 0.717) is 11.1 Å². The molecule has 16 heavy (non-hydrogen) atoms. The average molecular weight is 242 g/mol. The normalized spacial score (nSPS) is 20.1. The summed E-state index contributed by atoms with van der Waals surface area (Å²) >= 11 is 6.06. The Morgan fingerprint density at radius 1 is 1.56 bits per heavy atom. The first-order valence-electron chi connectivity index (χ1n) is 5.42. The standard InChI is InChI=1S/C12H16ClNO2/c1-14(11-4-5-16-8-11)10-3-2-9(7-15)12(13)6-10/h2-3,6,11,15H,4-5,7-8H2,1H3. The van der Waals surface area contributed by atoms with Crippen LogP contribution >= 0.6 is 11.6 Å². The van der Waals surface area contributed by atoms with Gasteiger partial charge in [0.15, 0.2) is 0 Å². The SMILES string of the molecule is CN(c1ccc(CO)c(Cl)c1)C1CCOC1. The van der Waals surface area contributed by atoms with Gasteiger partial charge in [0.25, 0.3) is 0 Å². The lowest BCUT2D eigenvalue weighted by Crippen LogP contribution is -2.31. The fourth-order valence-electron chi connectivity index (χ4n) is 1.92. The lowest BCUT2D eigenvalue weighted by molar-refractivity contribution is 0.193. The van der Waals surface area contributed by atoms with Crippen LogP contribution in [0, 0.1) is 0 Å². The third kappa shape index (κ3) is 2.32. The molecule has 0 bridgehead atoms. The second-order valence-corrected chi connectivity index (χ2v) is 4.47. The molecule has 1 aliphatic heterocycles. The Hall–Kier alpha value is -0.770. The van der Waals surface area contributed by atoms with Crippen molar-refractivity contribution in [3.8, 4) is 0 Å². The van der Waals surface area contributed by atoms with Gasteiger partial charge in [-0.2, -0.15) is 0 Å². The largest absolute Gasteiger partial charge is 0.392 e. The molecule has 2 rings (SSSR count). The second-order valence-electron chi connectivity index (χ2n) is 4.06. The van der Waals surface area contributed by atoms with Gasteiger partial charge < -0.3 is 14.7 Å². The number of hydrogen-bond donors (Lipinski definition) is 1. The number of aliphatic hydroxyl groups is 1. The second kappa shape index (κ2) is 5.04. The van der Waals surface area contributed by atoms with Crippen molar-refractivity contribution in [2.45, 2.75) is 19.1 Å². The molecule has 0 spiro atoms. The monoisotopic (exact) mass is 241 g/mol. The fourth-order valence-corrected chi connectivity index (χ4v) is 2.16. The lowest BCUT2D eigenvalue weighted by atomic mass is 10.1. The quantitative estimate of drug-likeness (QED) is 0.879. The van der Waals surface area contributed by atoms with Gasteiger partial charge in [0.05, 0.1) is 19.3 Å². The van der Waals surface area contributed by atoms with Gasteiger partial charge >= 0.3 is 0 Å². The number of hydrogen-bond acceptors (Lipinski definition) is 3. The van der Waals surface area contributed by atoms with Crippen LogP contribution < -0.4 is 4.90 Å². The molecule has 0 radical (unpaired) electrons. The van der Waals surface area contributed by atoms with Gasteiger partial charge in [0.2, 0.25) is 0 Å². The van der Waals surface area contributed by atoms with Crippen LogP contribution in [0.3, 0.4) is 0 Å². The van der Waals surface area contributed by atoms with Crippen LogP contribution in [0.2, 0.25) is 5.02 Å². The minimum atomic E-state index is -0.0185. The molecule has 0 amide bonds.